The molecular weight excluding hydrogens is 206 g/mol. The second-order valence-corrected chi connectivity index (χ2v) is 5.97. The van der Waals surface area contributed by atoms with Gasteiger partial charge < -0.3 is 10.4 Å². The lowest BCUT2D eigenvalue weighted by atomic mass is 9.99. The summed E-state index contributed by atoms with van der Waals surface area (Å²) < 4.78 is 0. The van der Waals surface area contributed by atoms with E-state index < -0.39 is 0 Å². The van der Waals surface area contributed by atoms with Gasteiger partial charge in [0.05, 0.1) is 6.61 Å². The first-order valence-electron chi connectivity index (χ1n) is 6.24. The topological polar surface area (TPSA) is 32.3 Å². The van der Waals surface area contributed by atoms with Crippen LogP contribution < -0.4 is 5.32 Å². The first-order valence-corrected chi connectivity index (χ1v) is 7.28. The van der Waals surface area contributed by atoms with Gasteiger partial charge in [-0.25, -0.2) is 0 Å². The Morgan fingerprint density at radius 1 is 1.47 bits per heavy atom. The third-order valence-electron chi connectivity index (χ3n) is 3.27. The van der Waals surface area contributed by atoms with Crippen LogP contribution in [0.2, 0.25) is 0 Å². The van der Waals surface area contributed by atoms with Crippen molar-refractivity contribution in [3.63, 3.8) is 0 Å². The molecule has 2 nitrogen and oxygen atoms in total. The second-order valence-electron chi connectivity index (χ2n) is 4.56. The van der Waals surface area contributed by atoms with Crippen molar-refractivity contribution in [2.45, 2.75) is 56.7 Å². The maximum Gasteiger partial charge on any atom is 0.0613 e. The Balaban J connectivity index is 2.29. The van der Waals surface area contributed by atoms with Gasteiger partial charge in [-0.05, 0) is 38.0 Å². The van der Waals surface area contributed by atoms with Gasteiger partial charge in [-0.3, -0.25) is 0 Å². The molecule has 0 radical (unpaired) electrons. The van der Waals surface area contributed by atoms with Crippen molar-refractivity contribution >= 4 is 11.8 Å². The zero-order valence-corrected chi connectivity index (χ0v) is 10.9. The second kappa shape index (κ2) is 6.77. The average molecular weight is 231 g/mol. The summed E-state index contributed by atoms with van der Waals surface area (Å²) in [6, 6.07) is 0. The van der Waals surface area contributed by atoms with Crippen LogP contribution >= 0.6 is 11.8 Å². The number of hydrogen-bond donors (Lipinski definition) is 2. The van der Waals surface area contributed by atoms with Gasteiger partial charge in [0.25, 0.3) is 0 Å². The molecule has 3 heteroatoms. The molecule has 0 heterocycles. The standard InChI is InChI=1S/C12H25NOS/c1-3-5-8-15-11-6-7-12(9-11,10-14)13-4-2/h11,13-14H,3-10H2,1-2H3. The number of thioether (sulfide) groups is 1. The largest absolute Gasteiger partial charge is 0.394 e. The third kappa shape index (κ3) is 3.97. The van der Waals surface area contributed by atoms with Crippen LogP contribution in [0, 0.1) is 0 Å². The smallest absolute Gasteiger partial charge is 0.0613 e. The predicted octanol–water partition coefficient (Wildman–Crippen LogP) is 2.41. The molecule has 0 aromatic rings. The highest BCUT2D eigenvalue weighted by Gasteiger charge is 2.37. The highest BCUT2D eigenvalue weighted by molar-refractivity contribution is 7.99. The monoisotopic (exact) mass is 231 g/mol. The predicted molar refractivity (Wildman–Crippen MR) is 68.5 cm³/mol. The van der Waals surface area contributed by atoms with E-state index in [-0.39, 0.29) is 5.54 Å². The van der Waals surface area contributed by atoms with Crippen LogP contribution in [0.25, 0.3) is 0 Å². The molecule has 2 unspecified atom stereocenters. The Morgan fingerprint density at radius 3 is 2.87 bits per heavy atom. The fourth-order valence-corrected chi connectivity index (χ4v) is 3.86. The molecular formula is C12H25NOS. The molecule has 1 aliphatic carbocycles. The molecule has 0 spiro atoms. The van der Waals surface area contributed by atoms with Gasteiger partial charge in [0.2, 0.25) is 0 Å². The number of aliphatic hydroxyl groups excluding tert-OH is 1. The van der Waals surface area contributed by atoms with Crippen molar-refractivity contribution in [1.82, 2.24) is 5.32 Å². The lowest BCUT2D eigenvalue weighted by Crippen LogP contribution is -2.46. The first kappa shape index (κ1) is 13.3. The Kier molecular flexibility index (Phi) is 6.02. The first-order chi connectivity index (χ1) is 7.26. The van der Waals surface area contributed by atoms with Gasteiger partial charge in [-0.2, -0.15) is 11.8 Å². The van der Waals surface area contributed by atoms with Gasteiger partial charge in [0.15, 0.2) is 0 Å². The summed E-state index contributed by atoms with van der Waals surface area (Å²) in [5.41, 5.74) is 0.0403. The molecule has 2 N–H and O–H groups in total. The van der Waals surface area contributed by atoms with Crippen LogP contribution in [-0.4, -0.2) is 34.8 Å². The SMILES string of the molecule is CCCCSC1CCC(CO)(NCC)C1. The van der Waals surface area contributed by atoms with E-state index in [9.17, 15) is 5.11 Å². The highest BCUT2D eigenvalue weighted by atomic mass is 32.2. The lowest BCUT2D eigenvalue weighted by molar-refractivity contribution is 0.167. The van der Waals surface area contributed by atoms with Crippen molar-refractivity contribution in [1.29, 1.82) is 0 Å². The van der Waals surface area contributed by atoms with E-state index in [0.717, 1.165) is 24.6 Å². The van der Waals surface area contributed by atoms with E-state index in [1.54, 1.807) is 0 Å². The third-order valence-corrected chi connectivity index (χ3v) is 4.67. The fourth-order valence-electron chi connectivity index (χ4n) is 2.35. The summed E-state index contributed by atoms with van der Waals surface area (Å²) in [6.45, 7) is 5.62. The van der Waals surface area contributed by atoms with Crippen LogP contribution in [0.3, 0.4) is 0 Å². The molecule has 0 amide bonds. The molecule has 0 aromatic carbocycles. The van der Waals surface area contributed by atoms with Crippen LogP contribution in [0.1, 0.15) is 46.0 Å². The molecule has 0 aromatic heterocycles. The molecule has 0 aliphatic heterocycles. The van der Waals surface area contributed by atoms with Gasteiger partial charge >= 0.3 is 0 Å². The zero-order valence-electron chi connectivity index (χ0n) is 10.1. The normalized spacial score (nSPS) is 31.0. The van der Waals surface area contributed by atoms with Crippen molar-refractivity contribution in [2.75, 3.05) is 18.9 Å². The highest BCUT2D eigenvalue weighted by Crippen LogP contribution is 2.37. The van der Waals surface area contributed by atoms with Crippen molar-refractivity contribution < 1.29 is 5.11 Å². The maximum atomic E-state index is 9.47. The number of unbranched alkanes of at least 4 members (excludes halogenated alkanes) is 1. The van der Waals surface area contributed by atoms with Gasteiger partial charge in [0.1, 0.15) is 0 Å². The lowest BCUT2D eigenvalue weighted by Gasteiger charge is -2.28. The number of rotatable bonds is 7. The Hall–Kier alpha value is 0.270. The Morgan fingerprint density at radius 2 is 2.27 bits per heavy atom. The number of aliphatic hydroxyl groups is 1. The zero-order chi connectivity index (χ0) is 11.1. The molecule has 0 saturated heterocycles. The van der Waals surface area contributed by atoms with Crippen molar-refractivity contribution in [3.05, 3.63) is 0 Å². The molecule has 1 saturated carbocycles. The summed E-state index contributed by atoms with van der Waals surface area (Å²) in [7, 11) is 0. The molecule has 15 heavy (non-hydrogen) atoms. The number of hydrogen-bond acceptors (Lipinski definition) is 3. The molecule has 1 aliphatic rings. The fraction of sp³-hybridized carbons (Fsp3) is 1.00. The molecule has 90 valence electrons. The summed E-state index contributed by atoms with van der Waals surface area (Å²) in [4.78, 5) is 0. The van der Waals surface area contributed by atoms with E-state index in [1.807, 2.05) is 0 Å². The molecule has 0 bridgehead atoms. The quantitative estimate of drug-likeness (QED) is 0.660. The molecule has 1 fully saturated rings. The van der Waals surface area contributed by atoms with Crippen molar-refractivity contribution in [3.8, 4) is 0 Å². The van der Waals surface area contributed by atoms with Crippen LogP contribution in [0.15, 0.2) is 0 Å². The number of nitrogens with one attached hydrogen (secondary N) is 1. The van der Waals surface area contributed by atoms with E-state index in [0.29, 0.717) is 6.61 Å². The van der Waals surface area contributed by atoms with Crippen LogP contribution in [0.4, 0.5) is 0 Å². The minimum Gasteiger partial charge on any atom is -0.394 e. The van der Waals surface area contributed by atoms with E-state index in [4.69, 9.17) is 0 Å². The Bertz CT molecular complexity index is 175. The van der Waals surface area contributed by atoms with Crippen LogP contribution in [-0.2, 0) is 0 Å². The van der Waals surface area contributed by atoms with E-state index in [2.05, 4.69) is 30.9 Å². The summed E-state index contributed by atoms with van der Waals surface area (Å²) >= 11 is 2.10. The summed E-state index contributed by atoms with van der Waals surface area (Å²) in [6.07, 6.45) is 6.17. The van der Waals surface area contributed by atoms with Gasteiger partial charge in [-0.1, -0.05) is 20.3 Å². The van der Waals surface area contributed by atoms with E-state index >= 15 is 0 Å². The van der Waals surface area contributed by atoms with E-state index in [1.165, 1.54) is 25.0 Å². The average Bonchev–Trinajstić information content (AvgIpc) is 2.64. The molecule has 1 rings (SSSR count). The maximum absolute atomic E-state index is 9.47. The van der Waals surface area contributed by atoms with Gasteiger partial charge in [0, 0.05) is 10.8 Å². The van der Waals surface area contributed by atoms with Gasteiger partial charge in [-0.15, -0.1) is 0 Å². The summed E-state index contributed by atoms with van der Waals surface area (Å²) in [5.74, 6) is 1.29. The van der Waals surface area contributed by atoms with Crippen LogP contribution in [0.5, 0.6) is 0 Å². The van der Waals surface area contributed by atoms with Crippen molar-refractivity contribution in [2.24, 2.45) is 0 Å². The minimum absolute atomic E-state index is 0.0403. The Labute approximate surface area is 98.2 Å². The molecule has 2 atom stereocenters. The summed E-state index contributed by atoms with van der Waals surface area (Å²) in [5, 5.41) is 13.7. The number of likely N-dealkylation sites (N-methyl/N-ethyl adjacent to an activating group) is 1. The minimum atomic E-state index is 0.0403.